The van der Waals surface area contributed by atoms with E-state index in [-0.39, 0.29) is 9.90 Å². The van der Waals surface area contributed by atoms with Crippen molar-refractivity contribution in [1.82, 2.24) is 4.98 Å². The van der Waals surface area contributed by atoms with Crippen LogP contribution in [0, 0.1) is 5.82 Å². The first kappa shape index (κ1) is 14.2. The molecule has 0 saturated heterocycles. The van der Waals surface area contributed by atoms with E-state index in [2.05, 4.69) is 4.98 Å². The molecule has 1 atom stereocenters. The molecule has 1 aromatic heterocycles. The minimum absolute atomic E-state index is 0.0729. The van der Waals surface area contributed by atoms with Crippen molar-refractivity contribution in [2.45, 2.75) is 12.2 Å². The maximum atomic E-state index is 13.3. The van der Waals surface area contributed by atoms with Crippen molar-refractivity contribution in [3.8, 4) is 0 Å². The molecule has 0 amide bonds. The molecule has 8 heteroatoms. The molecule has 102 valence electrons. The first-order valence-corrected chi connectivity index (χ1v) is 6.22. The van der Waals surface area contributed by atoms with E-state index in [1.165, 1.54) is 12.1 Å². The number of thiazole rings is 1. The maximum Gasteiger partial charge on any atom is 0.443 e. The van der Waals surface area contributed by atoms with E-state index >= 15 is 0 Å². The highest BCUT2D eigenvalue weighted by Crippen LogP contribution is 2.35. The van der Waals surface area contributed by atoms with Crippen LogP contribution in [0.4, 0.5) is 17.6 Å². The molecule has 0 aliphatic rings. The monoisotopic (exact) mass is 310 g/mol. The number of benzene rings is 1. The molecule has 0 radical (unpaired) electrons. The third-order valence-corrected chi connectivity index (χ3v) is 3.81. The highest BCUT2D eigenvalue weighted by Gasteiger charge is 2.35. The van der Waals surface area contributed by atoms with Gasteiger partial charge in [0, 0.05) is 11.1 Å². The average Bonchev–Trinajstić information content (AvgIpc) is 2.81. The van der Waals surface area contributed by atoms with Crippen LogP contribution in [0.5, 0.6) is 0 Å². The lowest BCUT2D eigenvalue weighted by atomic mass is 10.1. The number of alkyl halides is 3. The van der Waals surface area contributed by atoms with Gasteiger partial charge in [0.2, 0.25) is 0 Å². The van der Waals surface area contributed by atoms with E-state index < -0.39 is 23.0 Å². The van der Waals surface area contributed by atoms with E-state index in [9.17, 15) is 17.6 Å². The summed E-state index contributed by atoms with van der Waals surface area (Å²) in [5, 5.41) is -1.05. The average molecular weight is 311 g/mol. The molecule has 19 heavy (non-hydrogen) atoms. The van der Waals surface area contributed by atoms with E-state index in [0.717, 1.165) is 12.3 Å². The van der Waals surface area contributed by atoms with Crippen LogP contribution in [0.15, 0.2) is 24.4 Å². The molecule has 2 rings (SSSR count). The van der Waals surface area contributed by atoms with Gasteiger partial charge in [0.05, 0.1) is 11.1 Å². The highest BCUT2D eigenvalue weighted by atomic mass is 35.5. The van der Waals surface area contributed by atoms with Crippen LogP contribution in [0.2, 0.25) is 5.02 Å². The number of rotatable bonds is 2. The van der Waals surface area contributed by atoms with Gasteiger partial charge >= 0.3 is 6.18 Å². The fourth-order valence-corrected chi connectivity index (χ4v) is 2.36. The molecule has 1 unspecified atom stereocenters. The van der Waals surface area contributed by atoms with Crippen LogP contribution >= 0.6 is 22.9 Å². The van der Waals surface area contributed by atoms with Gasteiger partial charge in [-0.25, -0.2) is 9.37 Å². The Morgan fingerprint density at radius 1 is 1.32 bits per heavy atom. The fourth-order valence-electron chi connectivity index (χ4n) is 1.43. The van der Waals surface area contributed by atoms with Crippen LogP contribution in [-0.2, 0) is 6.18 Å². The quantitative estimate of drug-likeness (QED) is 0.851. The van der Waals surface area contributed by atoms with Gasteiger partial charge in [0.1, 0.15) is 5.82 Å². The van der Waals surface area contributed by atoms with Crippen molar-refractivity contribution in [2.24, 2.45) is 5.73 Å². The van der Waals surface area contributed by atoms with Crippen molar-refractivity contribution < 1.29 is 17.6 Å². The molecular formula is C11H7ClF4N2S. The van der Waals surface area contributed by atoms with Gasteiger partial charge in [0.15, 0.2) is 5.01 Å². The van der Waals surface area contributed by atoms with Gasteiger partial charge in [-0.2, -0.15) is 13.2 Å². The Kier molecular flexibility index (Phi) is 3.80. The molecule has 0 fully saturated rings. The Labute approximate surface area is 114 Å². The lowest BCUT2D eigenvalue weighted by Gasteiger charge is -2.10. The maximum absolute atomic E-state index is 13.3. The SMILES string of the molecule is NC(c1ccc(Cl)c(F)c1)c1cnc(C(F)(F)F)s1. The molecule has 0 aliphatic carbocycles. The second kappa shape index (κ2) is 5.07. The molecule has 1 heterocycles. The zero-order valence-electron chi connectivity index (χ0n) is 9.21. The highest BCUT2D eigenvalue weighted by molar-refractivity contribution is 7.11. The van der Waals surface area contributed by atoms with Crippen LogP contribution in [0.1, 0.15) is 21.5 Å². The minimum atomic E-state index is -4.51. The van der Waals surface area contributed by atoms with Gasteiger partial charge in [-0.3, -0.25) is 0 Å². The van der Waals surface area contributed by atoms with E-state index in [1.54, 1.807) is 0 Å². The zero-order chi connectivity index (χ0) is 14.2. The Morgan fingerprint density at radius 3 is 2.53 bits per heavy atom. The largest absolute Gasteiger partial charge is 0.443 e. The standard InChI is InChI=1S/C11H7ClF4N2S/c12-6-2-1-5(3-7(6)13)9(17)8-4-18-10(19-8)11(14,15)16/h1-4,9H,17H2. The summed E-state index contributed by atoms with van der Waals surface area (Å²) in [5.41, 5.74) is 6.12. The summed E-state index contributed by atoms with van der Waals surface area (Å²) >= 11 is 5.96. The molecule has 0 aliphatic heterocycles. The van der Waals surface area contributed by atoms with Gasteiger partial charge in [-0.15, -0.1) is 11.3 Å². The van der Waals surface area contributed by atoms with Crippen molar-refractivity contribution in [1.29, 1.82) is 0 Å². The van der Waals surface area contributed by atoms with Crippen molar-refractivity contribution >= 4 is 22.9 Å². The Hall–Kier alpha value is -1.18. The third kappa shape index (κ3) is 3.05. The first-order valence-electron chi connectivity index (χ1n) is 5.02. The molecule has 2 N–H and O–H groups in total. The van der Waals surface area contributed by atoms with E-state index in [1.807, 2.05) is 0 Å². The van der Waals surface area contributed by atoms with Gasteiger partial charge < -0.3 is 5.73 Å². The van der Waals surface area contributed by atoms with Gasteiger partial charge in [-0.1, -0.05) is 17.7 Å². The summed E-state index contributed by atoms with van der Waals surface area (Å²) in [5.74, 6) is -0.671. The number of hydrogen-bond acceptors (Lipinski definition) is 3. The zero-order valence-corrected chi connectivity index (χ0v) is 10.8. The van der Waals surface area contributed by atoms with Crippen molar-refractivity contribution in [3.63, 3.8) is 0 Å². The lowest BCUT2D eigenvalue weighted by Crippen LogP contribution is -2.10. The normalized spacial score (nSPS) is 13.6. The second-order valence-corrected chi connectivity index (χ2v) is 5.19. The molecular weight excluding hydrogens is 304 g/mol. The summed E-state index contributed by atoms with van der Waals surface area (Å²) in [6, 6.07) is 2.99. The summed E-state index contributed by atoms with van der Waals surface area (Å²) < 4.78 is 50.5. The Balaban J connectivity index is 2.31. The predicted molar refractivity (Wildman–Crippen MR) is 64.6 cm³/mol. The molecule has 1 aromatic carbocycles. The lowest BCUT2D eigenvalue weighted by molar-refractivity contribution is -0.137. The summed E-state index contributed by atoms with van der Waals surface area (Å²) in [7, 11) is 0. The van der Waals surface area contributed by atoms with Gasteiger partial charge in [-0.05, 0) is 17.7 Å². The Bertz CT molecular complexity index is 597. The molecule has 2 aromatic rings. The predicted octanol–water partition coefficient (Wildman–Crippen LogP) is 4.00. The smallest absolute Gasteiger partial charge is 0.320 e. The van der Waals surface area contributed by atoms with Crippen LogP contribution in [0.3, 0.4) is 0 Å². The van der Waals surface area contributed by atoms with Crippen LogP contribution in [-0.4, -0.2) is 4.98 Å². The van der Waals surface area contributed by atoms with Crippen LogP contribution in [0.25, 0.3) is 0 Å². The second-order valence-electron chi connectivity index (χ2n) is 3.72. The van der Waals surface area contributed by atoms with E-state index in [0.29, 0.717) is 16.9 Å². The topological polar surface area (TPSA) is 38.9 Å². The fraction of sp³-hybridized carbons (Fsp3) is 0.182. The van der Waals surface area contributed by atoms with Crippen molar-refractivity contribution in [3.05, 3.63) is 50.7 Å². The minimum Gasteiger partial charge on any atom is -0.320 e. The molecule has 0 bridgehead atoms. The molecule has 0 spiro atoms. The molecule has 0 saturated carbocycles. The summed E-state index contributed by atoms with van der Waals surface area (Å²) in [6.07, 6.45) is -3.46. The van der Waals surface area contributed by atoms with Crippen LogP contribution < -0.4 is 5.73 Å². The number of aromatic nitrogens is 1. The van der Waals surface area contributed by atoms with E-state index in [4.69, 9.17) is 17.3 Å². The number of nitrogens with zero attached hydrogens (tertiary/aromatic N) is 1. The summed E-state index contributed by atoms with van der Waals surface area (Å²) in [4.78, 5) is 3.47. The number of halogens is 5. The Morgan fingerprint density at radius 2 is 2.00 bits per heavy atom. The number of nitrogens with two attached hydrogens (primary N) is 1. The number of hydrogen-bond donors (Lipinski definition) is 1. The first-order chi connectivity index (χ1) is 8.79. The van der Waals surface area contributed by atoms with Crippen molar-refractivity contribution in [2.75, 3.05) is 0 Å². The molecule has 2 nitrogen and oxygen atoms in total. The third-order valence-electron chi connectivity index (χ3n) is 2.38. The summed E-state index contributed by atoms with van der Waals surface area (Å²) in [6.45, 7) is 0. The van der Waals surface area contributed by atoms with Gasteiger partial charge in [0.25, 0.3) is 0 Å².